The monoisotopic (exact) mass is 392 g/mol. The summed E-state index contributed by atoms with van der Waals surface area (Å²) in [5.41, 5.74) is 0. The smallest absolute Gasteiger partial charge is 0.303 e. The van der Waals surface area contributed by atoms with Gasteiger partial charge in [0.2, 0.25) is 0 Å². The lowest BCUT2D eigenvalue weighted by Crippen LogP contribution is -2.66. The zero-order valence-corrected chi connectivity index (χ0v) is 16.2. The highest BCUT2D eigenvalue weighted by molar-refractivity contribution is 7.81. The van der Waals surface area contributed by atoms with E-state index < -0.39 is 53.2 Å². The van der Waals surface area contributed by atoms with Crippen molar-refractivity contribution in [2.45, 2.75) is 70.4 Å². The summed E-state index contributed by atoms with van der Waals surface area (Å²) in [7, 11) is 0. The van der Waals surface area contributed by atoms with Gasteiger partial charge >= 0.3 is 23.9 Å². The highest BCUT2D eigenvalue weighted by Gasteiger charge is 2.57. The van der Waals surface area contributed by atoms with Gasteiger partial charge in [-0.1, -0.05) is 6.92 Å². The fraction of sp³-hybridized carbons (Fsp3) is 0.750. The number of hydrogen-bond acceptors (Lipinski definition) is 10. The fourth-order valence-corrected chi connectivity index (χ4v) is 2.98. The molecule has 0 bridgehead atoms. The molecule has 10 heteroatoms. The van der Waals surface area contributed by atoms with Crippen molar-refractivity contribution in [2.24, 2.45) is 0 Å². The van der Waals surface area contributed by atoms with Gasteiger partial charge in [0.15, 0.2) is 23.2 Å². The highest BCUT2D eigenvalue weighted by Crippen LogP contribution is 2.40. The molecule has 0 spiro atoms. The lowest BCUT2D eigenvalue weighted by Gasteiger charge is -2.49. The van der Waals surface area contributed by atoms with Gasteiger partial charge in [-0.3, -0.25) is 19.2 Å². The zero-order chi connectivity index (χ0) is 20.1. The summed E-state index contributed by atoms with van der Waals surface area (Å²) in [5.74, 6) is -2.57. The molecule has 0 N–H and O–H groups in total. The molecule has 1 saturated heterocycles. The van der Waals surface area contributed by atoms with Crippen LogP contribution in [0.2, 0.25) is 0 Å². The van der Waals surface area contributed by atoms with E-state index in [1.807, 2.05) is 0 Å². The minimum Gasteiger partial charge on any atom is -0.463 e. The Balaban J connectivity index is 3.32. The molecule has 0 unspecified atom stereocenters. The SMILES string of the molecule is CC[C@@]1(S)O[C@H](COC(C)=O)[C@@H](OC(C)=O)[C@H](OC(C)=O)[C@H]1OC(C)=O. The predicted molar refractivity (Wildman–Crippen MR) is 90.2 cm³/mol. The number of esters is 4. The Morgan fingerprint density at radius 3 is 1.81 bits per heavy atom. The highest BCUT2D eigenvalue weighted by atomic mass is 32.1. The molecule has 1 fully saturated rings. The van der Waals surface area contributed by atoms with E-state index in [1.165, 1.54) is 20.8 Å². The second-order valence-corrected chi connectivity index (χ2v) is 6.59. The van der Waals surface area contributed by atoms with Crippen molar-refractivity contribution in [3.63, 3.8) is 0 Å². The average Bonchev–Trinajstić information content (AvgIpc) is 2.50. The van der Waals surface area contributed by atoms with Gasteiger partial charge in [-0.25, -0.2) is 0 Å². The quantitative estimate of drug-likeness (QED) is 0.398. The second kappa shape index (κ2) is 9.22. The summed E-state index contributed by atoms with van der Waals surface area (Å²) in [6.45, 7) is 6.18. The van der Waals surface area contributed by atoms with Crippen molar-refractivity contribution in [1.82, 2.24) is 0 Å². The van der Waals surface area contributed by atoms with E-state index in [-0.39, 0.29) is 13.0 Å². The molecular weight excluding hydrogens is 368 g/mol. The molecule has 0 radical (unpaired) electrons. The van der Waals surface area contributed by atoms with Gasteiger partial charge in [0.05, 0.1) is 0 Å². The van der Waals surface area contributed by atoms with Gasteiger partial charge in [0.25, 0.3) is 0 Å². The zero-order valence-electron chi connectivity index (χ0n) is 15.3. The van der Waals surface area contributed by atoms with E-state index in [0.717, 1.165) is 6.92 Å². The summed E-state index contributed by atoms with van der Waals surface area (Å²) in [5, 5.41) is 0. The third-order valence-electron chi connectivity index (χ3n) is 3.64. The minimum atomic E-state index is -1.35. The molecule has 0 aromatic carbocycles. The predicted octanol–water partition coefficient (Wildman–Crippen LogP) is 0.779. The molecule has 1 rings (SSSR count). The maximum atomic E-state index is 11.6. The molecule has 0 saturated carbocycles. The van der Waals surface area contributed by atoms with Crippen LogP contribution in [-0.2, 0) is 42.9 Å². The topological polar surface area (TPSA) is 114 Å². The number of carbonyl (C=O) groups excluding carboxylic acids is 4. The summed E-state index contributed by atoms with van der Waals surface area (Å²) < 4.78 is 26.6. The Hall–Kier alpha value is -1.81. The average molecular weight is 392 g/mol. The number of carbonyl (C=O) groups is 4. The van der Waals surface area contributed by atoms with Gasteiger partial charge in [-0.2, -0.15) is 0 Å². The number of hydrogen-bond donors (Lipinski definition) is 1. The molecule has 26 heavy (non-hydrogen) atoms. The molecule has 1 heterocycles. The van der Waals surface area contributed by atoms with Gasteiger partial charge in [-0.15, -0.1) is 12.6 Å². The van der Waals surface area contributed by atoms with Crippen LogP contribution in [0.5, 0.6) is 0 Å². The Bertz CT molecular complexity index is 564. The number of thiol groups is 1. The molecule has 0 amide bonds. The number of ether oxygens (including phenoxy) is 5. The lowest BCUT2D eigenvalue weighted by atomic mass is 9.92. The number of rotatable bonds is 6. The first-order chi connectivity index (χ1) is 12.0. The standard InChI is InChI=1S/C16H24O9S/c1-6-16(26)15(24-11(5)20)14(23-10(4)19)13(22-9(3)18)12(25-16)7-21-8(2)17/h12-15,26H,6-7H2,1-5H3/t12-,13-,14+,15-,16+/m1/s1. The van der Waals surface area contributed by atoms with E-state index in [1.54, 1.807) is 6.92 Å². The van der Waals surface area contributed by atoms with Crippen LogP contribution in [0.3, 0.4) is 0 Å². The first-order valence-electron chi connectivity index (χ1n) is 8.05. The van der Waals surface area contributed by atoms with Crippen LogP contribution in [0.15, 0.2) is 0 Å². The van der Waals surface area contributed by atoms with Gasteiger partial charge in [-0.05, 0) is 6.42 Å². The Labute approximate surface area is 157 Å². The molecule has 1 aliphatic rings. The van der Waals surface area contributed by atoms with Crippen LogP contribution in [0.25, 0.3) is 0 Å². The largest absolute Gasteiger partial charge is 0.463 e. The Kier molecular flexibility index (Phi) is 7.88. The Morgan fingerprint density at radius 1 is 0.885 bits per heavy atom. The van der Waals surface area contributed by atoms with Gasteiger partial charge in [0.1, 0.15) is 12.7 Å². The maximum absolute atomic E-state index is 11.6. The van der Waals surface area contributed by atoms with Crippen molar-refractivity contribution in [1.29, 1.82) is 0 Å². The third-order valence-corrected chi connectivity index (χ3v) is 4.32. The summed E-state index contributed by atoms with van der Waals surface area (Å²) in [4.78, 5) is 44.5. The van der Waals surface area contributed by atoms with Crippen molar-refractivity contribution in [3.05, 3.63) is 0 Å². The van der Waals surface area contributed by atoms with Crippen molar-refractivity contribution in [2.75, 3.05) is 6.61 Å². The van der Waals surface area contributed by atoms with E-state index >= 15 is 0 Å². The van der Waals surface area contributed by atoms with E-state index in [0.29, 0.717) is 0 Å². The lowest BCUT2D eigenvalue weighted by molar-refractivity contribution is -0.261. The molecule has 0 aromatic rings. The first kappa shape index (κ1) is 22.2. The van der Waals surface area contributed by atoms with Crippen LogP contribution in [-0.4, -0.2) is 59.8 Å². The van der Waals surface area contributed by atoms with Crippen LogP contribution >= 0.6 is 12.6 Å². The minimum absolute atomic E-state index is 0.259. The third kappa shape index (κ3) is 5.87. The van der Waals surface area contributed by atoms with Gasteiger partial charge in [0, 0.05) is 27.7 Å². The molecule has 0 aromatic heterocycles. The van der Waals surface area contributed by atoms with Crippen molar-refractivity contribution < 1.29 is 42.9 Å². The van der Waals surface area contributed by atoms with Gasteiger partial charge < -0.3 is 23.7 Å². The van der Waals surface area contributed by atoms with E-state index in [9.17, 15) is 19.2 Å². The molecule has 1 aliphatic heterocycles. The van der Waals surface area contributed by atoms with E-state index in [2.05, 4.69) is 12.6 Å². The summed E-state index contributed by atoms with van der Waals surface area (Å²) in [6, 6.07) is 0. The first-order valence-corrected chi connectivity index (χ1v) is 8.50. The second-order valence-electron chi connectivity index (χ2n) is 5.84. The molecule has 5 atom stereocenters. The Morgan fingerprint density at radius 2 is 1.38 bits per heavy atom. The van der Waals surface area contributed by atoms with Crippen LogP contribution in [0.1, 0.15) is 41.0 Å². The molecule has 9 nitrogen and oxygen atoms in total. The summed E-state index contributed by atoms with van der Waals surface area (Å²) in [6.07, 6.45) is -4.21. The van der Waals surface area contributed by atoms with Crippen molar-refractivity contribution >= 4 is 36.5 Å². The van der Waals surface area contributed by atoms with Crippen molar-refractivity contribution in [3.8, 4) is 0 Å². The van der Waals surface area contributed by atoms with Crippen LogP contribution in [0.4, 0.5) is 0 Å². The normalized spacial score (nSPS) is 30.8. The summed E-state index contributed by atoms with van der Waals surface area (Å²) >= 11 is 4.46. The van der Waals surface area contributed by atoms with Crippen LogP contribution in [0, 0.1) is 0 Å². The fourth-order valence-electron chi connectivity index (χ4n) is 2.64. The maximum Gasteiger partial charge on any atom is 0.303 e. The van der Waals surface area contributed by atoms with E-state index in [4.69, 9.17) is 23.7 Å². The van der Waals surface area contributed by atoms with Crippen LogP contribution < -0.4 is 0 Å². The molecular formula is C16H24O9S. The molecule has 148 valence electrons. The molecule has 0 aliphatic carbocycles.